The monoisotopic (exact) mass is 306 g/mol. The van der Waals surface area contributed by atoms with Gasteiger partial charge in [-0.05, 0) is 51.4 Å². The molecule has 0 saturated heterocycles. The molecule has 0 amide bonds. The van der Waals surface area contributed by atoms with Crippen LogP contribution in [0, 0.1) is 5.82 Å². The van der Waals surface area contributed by atoms with Crippen LogP contribution in [0.4, 0.5) is 4.39 Å². The summed E-state index contributed by atoms with van der Waals surface area (Å²) in [7, 11) is 0. The molecule has 2 nitrogen and oxygen atoms in total. The van der Waals surface area contributed by atoms with E-state index in [-0.39, 0.29) is 11.2 Å². The van der Waals surface area contributed by atoms with Crippen molar-refractivity contribution < 1.29 is 4.39 Å². The van der Waals surface area contributed by atoms with Gasteiger partial charge in [0.1, 0.15) is 10.8 Å². The second-order valence-corrected chi connectivity index (χ2v) is 6.94. The second-order valence-electron chi connectivity index (χ2n) is 5.88. The number of thiazole rings is 1. The van der Waals surface area contributed by atoms with Gasteiger partial charge in [0, 0.05) is 22.5 Å². The number of hydrogen-bond acceptors (Lipinski definition) is 3. The zero-order valence-electron chi connectivity index (χ0n) is 13.1. The summed E-state index contributed by atoms with van der Waals surface area (Å²) >= 11 is 1.73. The largest absolute Gasteiger partial charge is 0.309 e. The lowest BCUT2D eigenvalue weighted by molar-refractivity contribution is 0.577. The van der Waals surface area contributed by atoms with Crippen LogP contribution in [-0.2, 0) is 5.41 Å². The standard InChI is InChI=1S/C17H23FN2S/c1-5-10-19-12(2)15-11-20-16(21-15)17(3,4)13-6-8-14(18)9-7-13/h6-9,11-12,19H,5,10H2,1-4H3. The maximum Gasteiger partial charge on any atom is 0.123 e. The Morgan fingerprint density at radius 2 is 1.95 bits per heavy atom. The summed E-state index contributed by atoms with van der Waals surface area (Å²) in [4.78, 5) is 5.84. The number of halogens is 1. The molecule has 1 aromatic heterocycles. The fraction of sp³-hybridized carbons (Fsp3) is 0.471. The van der Waals surface area contributed by atoms with E-state index in [4.69, 9.17) is 0 Å². The molecule has 0 radical (unpaired) electrons. The summed E-state index contributed by atoms with van der Waals surface area (Å²) in [6, 6.07) is 7.03. The van der Waals surface area contributed by atoms with Gasteiger partial charge in [-0.1, -0.05) is 19.1 Å². The van der Waals surface area contributed by atoms with Crippen LogP contribution in [0.5, 0.6) is 0 Å². The maximum atomic E-state index is 13.1. The van der Waals surface area contributed by atoms with Crippen molar-refractivity contribution in [2.24, 2.45) is 0 Å². The molecule has 0 fully saturated rings. The first-order valence-corrected chi connectivity index (χ1v) is 8.22. The van der Waals surface area contributed by atoms with Gasteiger partial charge >= 0.3 is 0 Å². The SMILES string of the molecule is CCCNC(C)c1cnc(C(C)(C)c2ccc(F)cc2)s1. The minimum Gasteiger partial charge on any atom is -0.309 e. The first-order chi connectivity index (χ1) is 9.95. The highest BCUT2D eigenvalue weighted by atomic mass is 32.1. The summed E-state index contributed by atoms with van der Waals surface area (Å²) in [5, 5.41) is 4.55. The van der Waals surface area contributed by atoms with Crippen molar-refractivity contribution >= 4 is 11.3 Å². The molecule has 2 aromatic rings. The van der Waals surface area contributed by atoms with E-state index in [1.54, 1.807) is 11.3 Å². The Morgan fingerprint density at radius 3 is 2.57 bits per heavy atom. The minimum atomic E-state index is -0.207. The Bertz CT molecular complexity index is 575. The van der Waals surface area contributed by atoms with E-state index in [1.807, 2.05) is 18.3 Å². The molecule has 0 aliphatic rings. The Morgan fingerprint density at radius 1 is 1.29 bits per heavy atom. The average Bonchev–Trinajstić information content (AvgIpc) is 2.96. The third-order valence-corrected chi connectivity index (χ3v) is 5.26. The molecule has 1 heterocycles. The van der Waals surface area contributed by atoms with E-state index in [0.717, 1.165) is 23.5 Å². The van der Waals surface area contributed by atoms with Crippen LogP contribution in [0.2, 0.25) is 0 Å². The molecule has 1 aromatic carbocycles. The van der Waals surface area contributed by atoms with Crippen molar-refractivity contribution in [2.45, 2.75) is 45.6 Å². The van der Waals surface area contributed by atoms with Crippen molar-refractivity contribution in [3.05, 3.63) is 51.7 Å². The van der Waals surface area contributed by atoms with Gasteiger partial charge in [-0.15, -0.1) is 11.3 Å². The van der Waals surface area contributed by atoms with Crippen LogP contribution in [0.3, 0.4) is 0 Å². The molecular weight excluding hydrogens is 283 g/mol. The molecule has 21 heavy (non-hydrogen) atoms. The first kappa shape index (κ1) is 16.1. The van der Waals surface area contributed by atoms with Crippen molar-refractivity contribution in [2.75, 3.05) is 6.54 Å². The van der Waals surface area contributed by atoms with Crippen LogP contribution in [-0.4, -0.2) is 11.5 Å². The van der Waals surface area contributed by atoms with E-state index in [1.165, 1.54) is 17.0 Å². The Hall–Kier alpha value is -1.26. The Balaban J connectivity index is 2.21. The van der Waals surface area contributed by atoms with Crippen molar-refractivity contribution in [3.8, 4) is 0 Å². The van der Waals surface area contributed by atoms with Gasteiger partial charge in [-0.3, -0.25) is 0 Å². The fourth-order valence-corrected chi connectivity index (χ4v) is 3.29. The third kappa shape index (κ3) is 3.69. The maximum absolute atomic E-state index is 13.1. The van der Waals surface area contributed by atoms with Gasteiger partial charge in [0.05, 0.1) is 0 Å². The predicted octanol–water partition coefficient (Wildman–Crippen LogP) is 4.67. The fourth-order valence-electron chi connectivity index (χ4n) is 2.23. The number of nitrogens with one attached hydrogen (secondary N) is 1. The van der Waals surface area contributed by atoms with Crippen molar-refractivity contribution in [1.29, 1.82) is 0 Å². The van der Waals surface area contributed by atoms with Crippen molar-refractivity contribution in [3.63, 3.8) is 0 Å². The number of nitrogens with zero attached hydrogens (tertiary/aromatic N) is 1. The van der Waals surface area contributed by atoms with Crippen LogP contribution in [0.15, 0.2) is 30.5 Å². The molecule has 0 aliphatic carbocycles. The van der Waals surface area contributed by atoms with Gasteiger partial charge in [0.2, 0.25) is 0 Å². The van der Waals surface area contributed by atoms with Gasteiger partial charge in [0.25, 0.3) is 0 Å². The van der Waals surface area contributed by atoms with Crippen LogP contribution in [0.25, 0.3) is 0 Å². The molecule has 114 valence electrons. The van der Waals surface area contributed by atoms with E-state index < -0.39 is 0 Å². The Labute approximate surface area is 130 Å². The molecule has 1 unspecified atom stereocenters. The van der Waals surface area contributed by atoms with Gasteiger partial charge < -0.3 is 5.32 Å². The Kier molecular flexibility index (Phi) is 5.12. The quantitative estimate of drug-likeness (QED) is 0.839. The lowest BCUT2D eigenvalue weighted by Crippen LogP contribution is -2.19. The highest BCUT2D eigenvalue weighted by molar-refractivity contribution is 7.11. The average molecular weight is 306 g/mol. The molecule has 4 heteroatoms. The highest BCUT2D eigenvalue weighted by Gasteiger charge is 2.27. The van der Waals surface area contributed by atoms with Crippen LogP contribution >= 0.6 is 11.3 Å². The smallest absolute Gasteiger partial charge is 0.123 e. The van der Waals surface area contributed by atoms with Gasteiger partial charge in [-0.25, -0.2) is 9.37 Å². The third-order valence-electron chi connectivity index (χ3n) is 3.75. The highest BCUT2D eigenvalue weighted by Crippen LogP contribution is 2.35. The minimum absolute atomic E-state index is 0.202. The number of rotatable bonds is 6. The molecule has 1 N–H and O–H groups in total. The molecule has 0 aliphatic heterocycles. The second kappa shape index (κ2) is 6.67. The van der Waals surface area contributed by atoms with E-state index >= 15 is 0 Å². The molecule has 0 bridgehead atoms. The van der Waals surface area contributed by atoms with E-state index in [2.05, 4.69) is 38.0 Å². The van der Waals surface area contributed by atoms with Gasteiger partial charge in [0.15, 0.2) is 0 Å². The van der Waals surface area contributed by atoms with E-state index in [0.29, 0.717) is 6.04 Å². The summed E-state index contributed by atoms with van der Waals surface area (Å²) in [6.07, 6.45) is 3.08. The normalized spacial score (nSPS) is 13.4. The molecular formula is C17H23FN2S. The van der Waals surface area contributed by atoms with Gasteiger partial charge in [-0.2, -0.15) is 0 Å². The zero-order chi connectivity index (χ0) is 15.5. The summed E-state index contributed by atoms with van der Waals surface area (Å²) in [5.74, 6) is -0.202. The number of hydrogen-bond donors (Lipinski definition) is 1. The lowest BCUT2D eigenvalue weighted by atomic mass is 9.85. The molecule has 1 atom stereocenters. The molecule has 2 rings (SSSR count). The van der Waals surface area contributed by atoms with Crippen LogP contribution in [0.1, 0.15) is 55.6 Å². The topological polar surface area (TPSA) is 24.9 Å². The predicted molar refractivity (Wildman–Crippen MR) is 87.4 cm³/mol. The summed E-state index contributed by atoms with van der Waals surface area (Å²) < 4.78 is 13.1. The van der Waals surface area contributed by atoms with Crippen molar-refractivity contribution in [1.82, 2.24) is 10.3 Å². The summed E-state index contributed by atoms with van der Waals surface area (Å²) in [5.41, 5.74) is 0.875. The number of aromatic nitrogens is 1. The zero-order valence-corrected chi connectivity index (χ0v) is 13.9. The van der Waals surface area contributed by atoms with Crippen LogP contribution < -0.4 is 5.32 Å². The molecule has 0 saturated carbocycles. The lowest BCUT2D eigenvalue weighted by Gasteiger charge is -2.22. The first-order valence-electron chi connectivity index (χ1n) is 7.40. The summed E-state index contributed by atoms with van der Waals surface area (Å²) in [6.45, 7) is 9.60. The molecule has 0 spiro atoms. The van der Waals surface area contributed by atoms with E-state index in [9.17, 15) is 4.39 Å². The number of benzene rings is 1.